The fourth-order valence-electron chi connectivity index (χ4n) is 4.65. The number of fused-ring (bicyclic) bond motifs is 1. The highest BCUT2D eigenvalue weighted by Gasteiger charge is 2.24. The first-order valence-electron chi connectivity index (χ1n) is 10.7. The zero-order valence-electron chi connectivity index (χ0n) is 17.2. The number of ether oxygens (including phenoxy) is 1. The summed E-state index contributed by atoms with van der Waals surface area (Å²) in [6.07, 6.45) is 4.07. The van der Waals surface area contributed by atoms with Crippen LogP contribution in [0, 0.1) is 12.8 Å². The van der Waals surface area contributed by atoms with Crippen molar-refractivity contribution in [2.45, 2.75) is 45.3 Å². The summed E-state index contributed by atoms with van der Waals surface area (Å²) >= 11 is 0. The molecule has 0 radical (unpaired) electrons. The molecule has 0 saturated carbocycles. The summed E-state index contributed by atoms with van der Waals surface area (Å²) in [7, 11) is 1.80. The number of aryl methyl sites for hydroxylation is 1. The quantitative estimate of drug-likeness (QED) is 0.858. The van der Waals surface area contributed by atoms with Crippen LogP contribution >= 0.6 is 0 Å². The predicted molar refractivity (Wildman–Crippen MR) is 114 cm³/mol. The number of hydrogen-bond donors (Lipinski definition) is 1. The monoisotopic (exact) mass is 383 g/mol. The number of nitrogens with zero attached hydrogens (tertiary/aromatic N) is 3. The molecule has 1 N–H and O–H groups in total. The number of hydrogen-bond acceptors (Lipinski definition) is 5. The Morgan fingerprint density at radius 1 is 1.14 bits per heavy atom. The molecule has 1 atom stereocenters. The van der Waals surface area contributed by atoms with E-state index in [0.29, 0.717) is 12.5 Å². The highest BCUT2D eigenvalue weighted by molar-refractivity contribution is 5.82. The van der Waals surface area contributed by atoms with Crippen molar-refractivity contribution in [3.63, 3.8) is 0 Å². The van der Waals surface area contributed by atoms with Gasteiger partial charge in [-0.3, -0.25) is 4.90 Å². The van der Waals surface area contributed by atoms with Gasteiger partial charge < -0.3 is 14.7 Å². The summed E-state index contributed by atoms with van der Waals surface area (Å²) in [5.74, 6) is 1.75. The van der Waals surface area contributed by atoms with Crippen molar-refractivity contribution >= 4 is 16.7 Å². The minimum atomic E-state index is -0.248. The maximum Gasteiger partial charge on any atom is 0.133 e. The lowest BCUT2D eigenvalue weighted by molar-refractivity contribution is 0.0968. The van der Waals surface area contributed by atoms with Crippen molar-refractivity contribution in [2.75, 3.05) is 44.8 Å². The number of anilines is 1. The van der Waals surface area contributed by atoms with Gasteiger partial charge >= 0.3 is 0 Å². The summed E-state index contributed by atoms with van der Waals surface area (Å²) in [5.41, 5.74) is 3.60. The molecule has 0 aliphatic carbocycles. The summed E-state index contributed by atoms with van der Waals surface area (Å²) in [5, 5.41) is 11.4. The number of β-amino-alcohol motifs (C(OH)–C–C–N with tert-alkyl or cyclic N) is 1. The fraction of sp³-hybridized carbons (Fsp3) is 0.609. The van der Waals surface area contributed by atoms with E-state index in [1.54, 1.807) is 7.11 Å². The van der Waals surface area contributed by atoms with Crippen LogP contribution in [-0.2, 0) is 11.3 Å². The Kier molecular flexibility index (Phi) is 6.14. The second-order valence-corrected chi connectivity index (χ2v) is 8.58. The van der Waals surface area contributed by atoms with Crippen LogP contribution in [0.5, 0.6) is 0 Å². The Balaban J connectivity index is 1.60. The Labute approximate surface area is 168 Å². The average Bonchev–Trinajstić information content (AvgIpc) is 2.69. The first-order valence-corrected chi connectivity index (χ1v) is 10.7. The SMILES string of the molecule is COCC1CCN(Cc2cc3cc(C)ccc3nc2N2CCCC(O)C2)CC1. The summed E-state index contributed by atoms with van der Waals surface area (Å²) < 4.78 is 5.34. The third-order valence-electron chi connectivity index (χ3n) is 6.23. The molecule has 2 saturated heterocycles. The predicted octanol–water partition coefficient (Wildman–Crippen LogP) is 3.36. The van der Waals surface area contributed by atoms with E-state index >= 15 is 0 Å². The molecule has 0 amide bonds. The maximum atomic E-state index is 10.2. The fourth-order valence-corrected chi connectivity index (χ4v) is 4.65. The lowest BCUT2D eigenvalue weighted by Gasteiger charge is -2.35. The van der Waals surface area contributed by atoms with Gasteiger partial charge in [0.2, 0.25) is 0 Å². The number of aliphatic hydroxyl groups excluding tert-OH is 1. The molecular formula is C23H33N3O2. The minimum Gasteiger partial charge on any atom is -0.391 e. The molecule has 1 aromatic carbocycles. The van der Waals surface area contributed by atoms with E-state index in [0.717, 1.165) is 57.0 Å². The van der Waals surface area contributed by atoms with Gasteiger partial charge in [0.05, 0.1) is 11.6 Å². The van der Waals surface area contributed by atoms with Crippen molar-refractivity contribution in [1.82, 2.24) is 9.88 Å². The van der Waals surface area contributed by atoms with Gasteiger partial charge in [0.15, 0.2) is 0 Å². The highest BCUT2D eigenvalue weighted by Crippen LogP contribution is 2.29. The number of methoxy groups -OCH3 is 1. The lowest BCUT2D eigenvalue weighted by atomic mass is 9.97. The van der Waals surface area contributed by atoms with E-state index in [1.165, 1.54) is 29.4 Å². The van der Waals surface area contributed by atoms with Gasteiger partial charge in [-0.2, -0.15) is 0 Å². The van der Waals surface area contributed by atoms with E-state index in [4.69, 9.17) is 9.72 Å². The molecule has 28 heavy (non-hydrogen) atoms. The topological polar surface area (TPSA) is 48.8 Å². The number of aliphatic hydroxyl groups is 1. The summed E-state index contributed by atoms with van der Waals surface area (Å²) in [4.78, 5) is 9.89. The van der Waals surface area contributed by atoms with Crippen LogP contribution in [0.1, 0.15) is 36.8 Å². The summed E-state index contributed by atoms with van der Waals surface area (Å²) in [6, 6.07) is 8.80. The number of pyridine rings is 1. The van der Waals surface area contributed by atoms with Crippen LogP contribution in [0.2, 0.25) is 0 Å². The molecule has 2 aliphatic heterocycles. The van der Waals surface area contributed by atoms with Gasteiger partial charge in [0.1, 0.15) is 5.82 Å². The Morgan fingerprint density at radius 3 is 2.71 bits per heavy atom. The molecule has 5 nitrogen and oxygen atoms in total. The van der Waals surface area contributed by atoms with Crippen molar-refractivity contribution in [3.05, 3.63) is 35.4 Å². The normalized spacial score (nSPS) is 22.1. The van der Waals surface area contributed by atoms with E-state index in [2.05, 4.69) is 41.0 Å². The number of benzene rings is 1. The number of piperidine rings is 2. The van der Waals surface area contributed by atoms with Crippen molar-refractivity contribution in [2.24, 2.45) is 5.92 Å². The lowest BCUT2D eigenvalue weighted by Crippen LogP contribution is -2.40. The standard InChI is InChI=1S/C23H33N3O2/c1-17-5-6-22-19(12-17)13-20(14-25-10-7-18(8-11-25)16-28-2)23(24-22)26-9-3-4-21(27)15-26/h5-6,12-13,18,21,27H,3-4,7-11,14-16H2,1-2H3. The van der Waals surface area contributed by atoms with Gasteiger partial charge in [-0.1, -0.05) is 11.6 Å². The smallest absolute Gasteiger partial charge is 0.133 e. The molecule has 152 valence electrons. The third kappa shape index (κ3) is 4.48. The largest absolute Gasteiger partial charge is 0.391 e. The van der Waals surface area contributed by atoms with Crippen LogP contribution in [0.4, 0.5) is 5.82 Å². The Hall–Kier alpha value is -1.69. The third-order valence-corrected chi connectivity index (χ3v) is 6.23. The van der Waals surface area contributed by atoms with E-state index in [1.807, 2.05) is 0 Å². The average molecular weight is 384 g/mol. The zero-order valence-corrected chi connectivity index (χ0v) is 17.2. The van der Waals surface area contributed by atoms with Crippen molar-refractivity contribution < 1.29 is 9.84 Å². The molecule has 4 rings (SSSR count). The molecule has 1 unspecified atom stereocenters. The molecule has 0 spiro atoms. The zero-order chi connectivity index (χ0) is 19.5. The van der Waals surface area contributed by atoms with Crippen LogP contribution in [0.3, 0.4) is 0 Å². The van der Waals surface area contributed by atoms with Crippen LogP contribution in [-0.4, -0.2) is 61.0 Å². The van der Waals surface area contributed by atoms with Crippen molar-refractivity contribution in [3.8, 4) is 0 Å². The van der Waals surface area contributed by atoms with Gasteiger partial charge in [-0.15, -0.1) is 0 Å². The number of rotatable bonds is 5. The molecule has 0 bridgehead atoms. The first-order chi connectivity index (χ1) is 13.6. The van der Waals surface area contributed by atoms with Gasteiger partial charge in [0, 0.05) is 44.3 Å². The van der Waals surface area contributed by atoms with Gasteiger partial charge in [-0.05, 0) is 69.8 Å². The first kappa shape index (κ1) is 19.6. The molecule has 2 aliphatic rings. The number of aromatic nitrogens is 1. The van der Waals surface area contributed by atoms with Gasteiger partial charge in [-0.25, -0.2) is 4.98 Å². The van der Waals surface area contributed by atoms with Crippen LogP contribution in [0.15, 0.2) is 24.3 Å². The second kappa shape index (κ2) is 8.76. The molecule has 2 aromatic rings. The Morgan fingerprint density at radius 2 is 1.96 bits per heavy atom. The Bertz CT molecular complexity index is 802. The van der Waals surface area contributed by atoms with Crippen molar-refractivity contribution in [1.29, 1.82) is 0 Å². The van der Waals surface area contributed by atoms with E-state index in [9.17, 15) is 5.11 Å². The molecule has 2 fully saturated rings. The molecule has 1 aromatic heterocycles. The second-order valence-electron chi connectivity index (χ2n) is 8.58. The number of likely N-dealkylation sites (tertiary alicyclic amines) is 1. The molecular weight excluding hydrogens is 350 g/mol. The molecule has 3 heterocycles. The van der Waals surface area contributed by atoms with Crippen LogP contribution in [0.25, 0.3) is 10.9 Å². The van der Waals surface area contributed by atoms with E-state index in [-0.39, 0.29) is 6.10 Å². The van der Waals surface area contributed by atoms with Crippen LogP contribution < -0.4 is 4.90 Å². The minimum absolute atomic E-state index is 0.248. The highest BCUT2D eigenvalue weighted by atomic mass is 16.5. The summed E-state index contributed by atoms with van der Waals surface area (Å²) in [6.45, 7) is 7.83. The van der Waals surface area contributed by atoms with E-state index < -0.39 is 0 Å². The van der Waals surface area contributed by atoms with Gasteiger partial charge in [0.25, 0.3) is 0 Å². The molecule has 5 heteroatoms. The maximum absolute atomic E-state index is 10.2.